The summed E-state index contributed by atoms with van der Waals surface area (Å²) in [6.45, 7) is 6.06. The number of hydrogen-bond donors (Lipinski definition) is 1. The molecule has 0 aromatic heterocycles. The van der Waals surface area contributed by atoms with Gasteiger partial charge in [-0.05, 0) is 31.0 Å². The number of benzene rings is 1. The second kappa shape index (κ2) is 5.83. The fraction of sp³-hybridized carbons (Fsp3) is 0.538. The summed E-state index contributed by atoms with van der Waals surface area (Å²) in [6.07, 6.45) is -3.46. The predicted molar refractivity (Wildman–Crippen MR) is 69.0 cm³/mol. The Balaban J connectivity index is 2.92. The highest BCUT2D eigenvalue weighted by molar-refractivity contribution is 6.31. The third kappa shape index (κ3) is 3.80. The summed E-state index contributed by atoms with van der Waals surface area (Å²) in [5.74, 6) is 0.384. The van der Waals surface area contributed by atoms with Crippen LogP contribution < -0.4 is 5.32 Å². The molecule has 2 atom stereocenters. The quantitative estimate of drug-likeness (QED) is 0.798. The van der Waals surface area contributed by atoms with Gasteiger partial charge in [0.1, 0.15) is 0 Å². The maximum Gasteiger partial charge on any atom is 0.417 e. The third-order valence-corrected chi connectivity index (χ3v) is 3.49. The molecule has 2 unspecified atom stereocenters. The van der Waals surface area contributed by atoms with Crippen LogP contribution in [0.2, 0.25) is 5.02 Å². The lowest BCUT2D eigenvalue weighted by atomic mass is 10.0. The van der Waals surface area contributed by atoms with Gasteiger partial charge >= 0.3 is 6.18 Å². The summed E-state index contributed by atoms with van der Waals surface area (Å²) in [5.41, 5.74) is -0.356. The maximum atomic E-state index is 12.7. The van der Waals surface area contributed by atoms with Gasteiger partial charge in [0.15, 0.2) is 0 Å². The maximum absolute atomic E-state index is 12.7. The molecular weight excluding hydrogens is 263 g/mol. The molecule has 102 valence electrons. The second-order valence-electron chi connectivity index (χ2n) is 4.51. The van der Waals surface area contributed by atoms with Gasteiger partial charge in [0, 0.05) is 11.7 Å². The van der Waals surface area contributed by atoms with Gasteiger partial charge in [-0.15, -0.1) is 0 Å². The summed E-state index contributed by atoms with van der Waals surface area (Å²) in [6, 6.07) is 4.01. The standard InChI is InChI=1S/C13H17ClF3N/c1-4-8(2)9(3)18-10-5-6-12(14)11(7-10)13(15,16)17/h5-9,18H,4H2,1-3H3. The van der Waals surface area contributed by atoms with E-state index in [1.807, 2.05) is 13.8 Å². The molecule has 0 bridgehead atoms. The third-order valence-electron chi connectivity index (χ3n) is 3.16. The van der Waals surface area contributed by atoms with E-state index in [0.29, 0.717) is 11.6 Å². The normalized spacial score (nSPS) is 15.3. The Morgan fingerprint density at radius 3 is 2.39 bits per heavy atom. The zero-order valence-electron chi connectivity index (χ0n) is 10.6. The summed E-state index contributed by atoms with van der Waals surface area (Å²) < 4.78 is 38.0. The summed E-state index contributed by atoms with van der Waals surface area (Å²) in [4.78, 5) is 0. The zero-order valence-corrected chi connectivity index (χ0v) is 11.4. The van der Waals surface area contributed by atoms with E-state index < -0.39 is 11.7 Å². The van der Waals surface area contributed by atoms with E-state index in [2.05, 4.69) is 12.2 Å². The summed E-state index contributed by atoms with van der Waals surface area (Å²) in [5, 5.41) is 2.80. The molecule has 0 aliphatic carbocycles. The Hall–Kier alpha value is -0.900. The molecule has 1 rings (SSSR count). The van der Waals surface area contributed by atoms with E-state index in [-0.39, 0.29) is 11.1 Å². The first kappa shape index (κ1) is 15.2. The van der Waals surface area contributed by atoms with Gasteiger partial charge in [-0.2, -0.15) is 13.2 Å². The van der Waals surface area contributed by atoms with Crippen LogP contribution in [-0.4, -0.2) is 6.04 Å². The van der Waals surface area contributed by atoms with E-state index in [1.54, 1.807) is 6.07 Å². The number of nitrogens with one attached hydrogen (secondary N) is 1. The molecule has 1 nitrogen and oxygen atoms in total. The molecular formula is C13H17ClF3N. The van der Waals surface area contributed by atoms with Gasteiger partial charge in [0.05, 0.1) is 10.6 Å². The molecule has 1 aromatic carbocycles. The van der Waals surface area contributed by atoms with Crippen LogP contribution >= 0.6 is 11.6 Å². The van der Waals surface area contributed by atoms with Crippen molar-refractivity contribution in [1.29, 1.82) is 0 Å². The fourth-order valence-corrected chi connectivity index (χ4v) is 1.82. The van der Waals surface area contributed by atoms with Crippen LogP contribution in [0.3, 0.4) is 0 Å². The Morgan fingerprint density at radius 2 is 1.89 bits per heavy atom. The summed E-state index contributed by atoms with van der Waals surface area (Å²) in [7, 11) is 0. The van der Waals surface area contributed by atoms with E-state index in [0.717, 1.165) is 12.5 Å². The van der Waals surface area contributed by atoms with Crippen molar-refractivity contribution in [3.63, 3.8) is 0 Å². The molecule has 0 amide bonds. The molecule has 0 saturated heterocycles. The van der Waals surface area contributed by atoms with Crippen LogP contribution in [0.25, 0.3) is 0 Å². The first-order valence-corrected chi connectivity index (χ1v) is 6.26. The number of halogens is 4. The van der Waals surface area contributed by atoms with Crippen LogP contribution in [0.1, 0.15) is 32.8 Å². The van der Waals surface area contributed by atoms with Crippen molar-refractivity contribution in [2.24, 2.45) is 5.92 Å². The lowest BCUT2D eigenvalue weighted by Gasteiger charge is -2.22. The van der Waals surface area contributed by atoms with Crippen LogP contribution in [-0.2, 0) is 6.18 Å². The van der Waals surface area contributed by atoms with Crippen LogP contribution in [0.5, 0.6) is 0 Å². The van der Waals surface area contributed by atoms with E-state index in [1.165, 1.54) is 6.07 Å². The van der Waals surface area contributed by atoms with E-state index in [9.17, 15) is 13.2 Å². The number of alkyl halides is 3. The Bertz CT molecular complexity index is 404. The molecule has 1 aromatic rings. The monoisotopic (exact) mass is 279 g/mol. The molecule has 18 heavy (non-hydrogen) atoms. The first-order chi connectivity index (χ1) is 8.25. The highest BCUT2D eigenvalue weighted by Crippen LogP contribution is 2.36. The van der Waals surface area contributed by atoms with E-state index in [4.69, 9.17) is 11.6 Å². The topological polar surface area (TPSA) is 12.0 Å². The minimum Gasteiger partial charge on any atom is -0.382 e. The van der Waals surface area contributed by atoms with Gasteiger partial charge in [0.2, 0.25) is 0 Å². The molecule has 0 radical (unpaired) electrons. The van der Waals surface area contributed by atoms with Crippen molar-refractivity contribution in [2.75, 3.05) is 5.32 Å². The number of rotatable bonds is 4. The zero-order chi connectivity index (χ0) is 13.9. The van der Waals surface area contributed by atoms with Crippen LogP contribution in [0, 0.1) is 5.92 Å². The van der Waals surface area contributed by atoms with Crippen LogP contribution in [0.4, 0.5) is 18.9 Å². The minimum atomic E-state index is -4.42. The smallest absolute Gasteiger partial charge is 0.382 e. The lowest BCUT2D eigenvalue weighted by Crippen LogP contribution is -2.23. The fourth-order valence-electron chi connectivity index (χ4n) is 1.59. The average molecular weight is 280 g/mol. The van der Waals surface area contributed by atoms with Crippen molar-refractivity contribution in [2.45, 2.75) is 39.4 Å². The Kier molecular flexibility index (Phi) is 4.91. The van der Waals surface area contributed by atoms with Crippen LogP contribution in [0.15, 0.2) is 18.2 Å². The SMILES string of the molecule is CCC(C)C(C)Nc1ccc(Cl)c(C(F)(F)F)c1. The lowest BCUT2D eigenvalue weighted by molar-refractivity contribution is -0.137. The molecule has 0 fully saturated rings. The molecule has 0 heterocycles. The van der Waals surface area contributed by atoms with Crippen molar-refractivity contribution < 1.29 is 13.2 Å². The van der Waals surface area contributed by atoms with Gasteiger partial charge in [-0.25, -0.2) is 0 Å². The second-order valence-corrected chi connectivity index (χ2v) is 4.92. The molecule has 1 N–H and O–H groups in total. The predicted octanol–water partition coefficient (Wildman–Crippen LogP) is 5.21. The molecule has 0 spiro atoms. The Labute approximate surface area is 110 Å². The van der Waals surface area contributed by atoms with Gasteiger partial charge in [-0.3, -0.25) is 0 Å². The average Bonchev–Trinajstić information content (AvgIpc) is 2.29. The largest absolute Gasteiger partial charge is 0.417 e. The van der Waals surface area contributed by atoms with Crippen molar-refractivity contribution >= 4 is 17.3 Å². The van der Waals surface area contributed by atoms with Crippen molar-refractivity contribution in [3.8, 4) is 0 Å². The van der Waals surface area contributed by atoms with E-state index >= 15 is 0 Å². The molecule has 0 aliphatic heterocycles. The number of anilines is 1. The highest BCUT2D eigenvalue weighted by atomic mass is 35.5. The molecule has 0 saturated carbocycles. The van der Waals surface area contributed by atoms with Gasteiger partial charge < -0.3 is 5.32 Å². The highest BCUT2D eigenvalue weighted by Gasteiger charge is 2.33. The Morgan fingerprint density at radius 1 is 1.28 bits per heavy atom. The molecule has 5 heteroatoms. The molecule has 0 aliphatic rings. The minimum absolute atomic E-state index is 0.109. The van der Waals surface area contributed by atoms with Crippen molar-refractivity contribution in [3.05, 3.63) is 28.8 Å². The number of hydrogen-bond acceptors (Lipinski definition) is 1. The van der Waals surface area contributed by atoms with Gasteiger partial charge in [-0.1, -0.05) is 31.9 Å². The van der Waals surface area contributed by atoms with Crippen molar-refractivity contribution in [1.82, 2.24) is 0 Å². The first-order valence-electron chi connectivity index (χ1n) is 5.89. The summed E-state index contributed by atoms with van der Waals surface area (Å²) >= 11 is 5.56. The van der Waals surface area contributed by atoms with Gasteiger partial charge in [0.25, 0.3) is 0 Å².